The van der Waals surface area contributed by atoms with E-state index in [0.717, 1.165) is 70.6 Å². The maximum absolute atomic E-state index is 11.8. The molecule has 0 aromatic rings. The SMILES string of the molecule is CCCCCCCCCCCCC(O)C1CCC(C(O)CCC(O)CCCCCCCC2CC(CC(C)=O)C(=O)O2)O1. The molecule has 0 aliphatic carbocycles. The van der Waals surface area contributed by atoms with Gasteiger partial charge in [0, 0.05) is 6.42 Å². The van der Waals surface area contributed by atoms with E-state index in [1.807, 2.05) is 0 Å². The molecule has 2 fully saturated rings. The maximum Gasteiger partial charge on any atom is 0.309 e. The molecule has 2 aliphatic heterocycles. The molecule has 42 heavy (non-hydrogen) atoms. The van der Waals surface area contributed by atoms with Crippen molar-refractivity contribution in [3.63, 3.8) is 0 Å². The highest BCUT2D eigenvalue weighted by atomic mass is 16.6. The molecule has 7 heteroatoms. The minimum absolute atomic E-state index is 0.0398. The number of carbonyl (C=O) groups is 2. The lowest BCUT2D eigenvalue weighted by atomic mass is 9.96. The van der Waals surface area contributed by atoms with Crippen molar-refractivity contribution in [2.75, 3.05) is 0 Å². The predicted molar refractivity (Wildman–Crippen MR) is 167 cm³/mol. The van der Waals surface area contributed by atoms with Gasteiger partial charge in [0.15, 0.2) is 0 Å². The fraction of sp³-hybridized carbons (Fsp3) is 0.943. The Labute approximate surface area is 256 Å². The number of ether oxygens (including phenoxy) is 2. The summed E-state index contributed by atoms with van der Waals surface area (Å²) in [6.07, 6.45) is 22.2. The van der Waals surface area contributed by atoms with Gasteiger partial charge in [-0.05, 0) is 64.7 Å². The molecule has 2 aliphatic rings. The van der Waals surface area contributed by atoms with Gasteiger partial charge in [0.2, 0.25) is 0 Å². The number of ketones is 1. The molecule has 0 aromatic carbocycles. The lowest BCUT2D eigenvalue weighted by Gasteiger charge is -2.23. The zero-order valence-electron chi connectivity index (χ0n) is 27.0. The van der Waals surface area contributed by atoms with Gasteiger partial charge >= 0.3 is 5.97 Å². The topological polar surface area (TPSA) is 113 Å². The fourth-order valence-corrected chi connectivity index (χ4v) is 6.67. The lowest BCUT2D eigenvalue weighted by molar-refractivity contribution is -0.145. The largest absolute Gasteiger partial charge is 0.462 e. The van der Waals surface area contributed by atoms with Crippen LogP contribution in [0.2, 0.25) is 0 Å². The summed E-state index contributed by atoms with van der Waals surface area (Å²) in [6.45, 7) is 3.77. The highest BCUT2D eigenvalue weighted by Gasteiger charge is 2.35. The molecule has 0 radical (unpaired) electrons. The highest BCUT2D eigenvalue weighted by Crippen LogP contribution is 2.29. The Hall–Kier alpha value is -1.02. The molecule has 0 bridgehead atoms. The first-order valence-electron chi connectivity index (χ1n) is 17.7. The second kappa shape index (κ2) is 22.5. The van der Waals surface area contributed by atoms with Crippen LogP contribution >= 0.6 is 0 Å². The van der Waals surface area contributed by atoms with Crippen LogP contribution in [-0.2, 0) is 19.1 Å². The molecule has 7 nitrogen and oxygen atoms in total. The molecule has 7 atom stereocenters. The van der Waals surface area contributed by atoms with Crippen molar-refractivity contribution < 1.29 is 34.4 Å². The van der Waals surface area contributed by atoms with E-state index in [9.17, 15) is 24.9 Å². The molecular formula is C35H64O7. The second-order valence-corrected chi connectivity index (χ2v) is 13.4. The molecule has 246 valence electrons. The summed E-state index contributed by atoms with van der Waals surface area (Å²) in [6, 6.07) is 0. The first kappa shape index (κ1) is 37.2. The van der Waals surface area contributed by atoms with E-state index in [-0.39, 0.29) is 36.0 Å². The third-order valence-electron chi connectivity index (χ3n) is 9.35. The summed E-state index contributed by atoms with van der Waals surface area (Å²) in [4.78, 5) is 23.1. The number of rotatable bonds is 26. The molecule has 2 heterocycles. The number of carbonyl (C=O) groups excluding carboxylic acids is 2. The van der Waals surface area contributed by atoms with Crippen LogP contribution in [0.3, 0.4) is 0 Å². The van der Waals surface area contributed by atoms with E-state index in [1.54, 1.807) is 0 Å². The van der Waals surface area contributed by atoms with Crippen molar-refractivity contribution in [2.24, 2.45) is 5.92 Å². The number of hydrogen-bond donors (Lipinski definition) is 3. The molecular weight excluding hydrogens is 532 g/mol. The number of cyclic esters (lactones) is 1. The molecule has 0 aromatic heterocycles. The minimum Gasteiger partial charge on any atom is -0.462 e. The predicted octanol–water partition coefficient (Wildman–Crippen LogP) is 7.35. The second-order valence-electron chi connectivity index (χ2n) is 13.4. The van der Waals surface area contributed by atoms with Crippen molar-refractivity contribution in [1.29, 1.82) is 0 Å². The number of Topliss-reactive ketones (excluding diaryl/α,β-unsaturated/α-hetero) is 1. The van der Waals surface area contributed by atoms with Crippen LogP contribution in [0.15, 0.2) is 0 Å². The van der Waals surface area contributed by atoms with E-state index in [1.165, 1.54) is 64.7 Å². The molecule has 2 saturated heterocycles. The minimum atomic E-state index is -0.589. The standard InChI is InChI=1S/C35H64O7/c1-3-4-5-6-7-8-9-10-14-17-20-31(38)33-23-24-34(42-33)32(39)22-21-29(37)18-15-12-11-13-16-19-30-26-28(25-27(2)36)35(40)41-30/h28-34,37-39H,3-26H2,1-2H3. The third kappa shape index (κ3) is 16.2. The Kier molecular flexibility index (Phi) is 19.9. The lowest BCUT2D eigenvalue weighted by Crippen LogP contribution is -2.31. The van der Waals surface area contributed by atoms with Gasteiger partial charge in [0.05, 0.1) is 36.4 Å². The van der Waals surface area contributed by atoms with E-state index in [2.05, 4.69) is 6.92 Å². The monoisotopic (exact) mass is 596 g/mol. The van der Waals surface area contributed by atoms with Crippen LogP contribution in [0.5, 0.6) is 0 Å². The van der Waals surface area contributed by atoms with Crippen molar-refractivity contribution >= 4 is 11.8 Å². The number of aliphatic hydroxyl groups excluding tert-OH is 3. The van der Waals surface area contributed by atoms with E-state index < -0.39 is 18.3 Å². The summed E-state index contributed by atoms with van der Waals surface area (Å²) in [5.74, 6) is -0.426. The normalized spacial score (nSPS) is 24.5. The van der Waals surface area contributed by atoms with Crippen molar-refractivity contribution in [3.8, 4) is 0 Å². The van der Waals surface area contributed by atoms with Crippen LogP contribution in [0.25, 0.3) is 0 Å². The zero-order valence-corrected chi connectivity index (χ0v) is 27.0. The highest BCUT2D eigenvalue weighted by molar-refractivity contribution is 5.83. The molecule has 0 saturated carbocycles. The summed E-state index contributed by atoms with van der Waals surface area (Å²) in [5.41, 5.74) is 0. The van der Waals surface area contributed by atoms with E-state index in [4.69, 9.17) is 9.47 Å². The first-order valence-corrected chi connectivity index (χ1v) is 17.7. The average Bonchev–Trinajstić information content (AvgIpc) is 3.59. The van der Waals surface area contributed by atoms with Crippen molar-refractivity contribution in [1.82, 2.24) is 0 Å². The quantitative estimate of drug-likeness (QED) is 0.0707. The Morgan fingerprint density at radius 3 is 1.86 bits per heavy atom. The Bertz CT molecular complexity index is 713. The van der Waals surface area contributed by atoms with Crippen LogP contribution < -0.4 is 0 Å². The zero-order chi connectivity index (χ0) is 30.6. The average molecular weight is 597 g/mol. The summed E-state index contributed by atoms with van der Waals surface area (Å²) in [5, 5.41) is 31.6. The van der Waals surface area contributed by atoms with Gasteiger partial charge in [-0.25, -0.2) is 0 Å². The van der Waals surface area contributed by atoms with Crippen LogP contribution in [-0.4, -0.2) is 63.7 Å². The van der Waals surface area contributed by atoms with Crippen LogP contribution in [0.1, 0.15) is 168 Å². The number of aliphatic hydroxyl groups is 3. The van der Waals surface area contributed by atoms with Gasteiger partial charge in [-0.1, -0.05) is 96.8 Å². The van der Waals surface area contributed by atoms with Gasteiger partial charge in [-0.3, -0.25) is 4.79 Å². The van der Waals surface area contributed by atoms with Crippen molar-refractivity contribution in [2.45, 2.75) is 205 Å². The Balaban J connectivity index is 1.42. The third-order valence-corrected chi connectivity index (χ3v) is 9.35. The van der Waals surface area contributed by atoms with Gasteiger partial charge in [0.25, 0.3) is 0 Å². The molecule has 0 spiro atoms. The van der Waals surface area contributed by atoms with Crippen molar-refractivity contribution in [3.05, 3.63) is 0 Å². The summed E-state index contributed by atoms with van der Waals surface area (Å²) >= 11 is 0. The van der Waals surface area contributed by atoms with Gasteiger partial charge < -0.3 is 29.6 Å². The smallest absolute Gasteiger partial charge is 0.309 e. The number of hydrogen-bond acceptors (Lipinski definition) is 7. The molecule has 0 amide bonds. The first-order chi connectivity index (χ1) is 20.3. The molecule has 2 rings (SSSR count). The van der Waals surface area contributed by atoms with Gasteiger partial charge in [0.1, 0.15) is 11.9 Å². The number of unbranched alkanes of at least 4 members (excludes halogenated alkanes) is 13. The number of esters is 1. The van der Waals surface area contributed by atoms with Crippen LogP contribution in [0, 0.1) is 5.92 Å². The summed E-state index contributed by atoms with van der Waals surface area (Å²) < 4.78 is 11.4. The molecule has 3 N–H and O–H groups in total. The van der Waals surface area contributed by atoms with Gasteiger partial charge in [-0.2, -0.15) is 0 Å². The van der Waals surface area contributed by atoms with Gasteiger partial charge in [-0.15, -0.1) is 0 Å². The van der Waals surface area contributed by atoms with Crippen LogP contribution in [0.4, 0.5) is 0 Å². The summed E-state index contributed by atoms with van der Waals surface area (Å²) in [7, 11) is 0. The fourth-order valence-electron chi connectivity index (χ4n) is 6.67. The Morgan fingerprint density at radius 2 is 1.26 bits per heavy atom. The van der Waals surface area contributed by atoms with E-state index >= 15 is 0 Å². The van der Waals surface area contributed by atoms with E-state index in [0.29, 0.717) is 25.7 Å². The molecule has 7 unspecified atom stereocenters. The maximum atomic E-state index is 11.8. The Morgan fingerprint density at radius 1 is 0.738 bits per heavy atom.